The molecule has 1 saturated heterocycles. The maximum atomic E-state index is 13.2. The fourth-order valence-corrected chi connectivity index (χ4v) is 6.80. The van der Waals surface area contributed by atoms with Gasteiger partial charge in [-0.1, -0.05) is 30.3 Å². The molecule has 2 aromatic carbocycles. The molecular formula is C26H32FN3O3S. The highest BCUT2D eigenvalue weighted by Crippen LogP contribution is 2.42. The van der Waals surface area contributed by atoms with Gasteiger partial charge in [-0.15, -0.1) is 0 Å². The molecule has 1 aromatic heterocycles. The first-order valence-electron chi connectivity index (χ1n) is 12.0. The fraction of sp³-hybridized carbons (Fsp3) is 0.462. The minimum atomic E-state index is -3.44. The normalized spacial score (nSPS) is 22.0. The molecule has 0 amide bonds. The second-order valence-electron chi connectivity index (χ2n) is 9.45. The summed E-state index contributed by atoms with van der Waals surface area (Å²) >= 11 is 0. The maximum Gasteiger partial charge on any atom is 0.215 e. The lowest BCUT2D eigenvalue weighted by atomic mass is 9.91. The lowest BCUT2D eigenvalue weighted by molar-refractivity contribution is 0.0668. The molecule has 2 atom stereocenters. The summed E-state index contributed by atoms with van der Waals surface area (Å²) in [5.41, 5.74) is 4.08. The summed E-state index contributed by atoms with van der Waals surface area (Å²) in [6.07, 6.45) is 0.677. The molecule has 1 N–H and O–H groups in total. The number of hydrogen-bond donors (Lipinski definition) is 1. The summed E-state index contributed by atoms with van der Waals surface area (Å²) < 4.78 is 46.5. The van der Waals surface area contributed by atoms with Gasteiger partial charge in [0, 0.05) is 48.2 Å². The molecule has 0 spiro atoms. The number of fused-ring (bicyclic) bond motifs is 3. The number of nitrogens with zero attached hydrogens (tertiary/aromatic N) is 2. The number of hydrogen-bond acceptors (Lipinski definition) is 4. The van der Waals surface area contributed by atoms with E-state index in [1.807, 2.05) is 49.4 Å². The number of alkyl halides is 1. The molecule has 182 valence electrons. The van der Waals surface area contributed by atoms with Crippen molar-refractivity contribution in [3.63, 3.8) is 0 Å². The van der Waals surface area contributed by atoms with Crippen molar-refractivity contribution in [2.24, 2.45) is 5.92 Å². The quantitative estimate of drug-likeness (QED) is 0.521. The Morgan fingerprint density at radius 1 is 1.12 bits per heavy atom. The van der Waals surface area contributed by atoms with Gasteiger partial charge in [0.25, 0.3) is 0 Å². The molecular weight excluding hydrogens is 453 g/mol. The minimum absolute atomic E-state index is 0.0599. The van der Waals surface area contributed by atoms with E-state index in [9.17, 15) is 12.8 Å². The standard InChI is InChI=1S/C26H32FN3O3S/c1-3-34(31,32)30-18(2)14-23-22-6-4-5-7-24(22)28-25(23)26(30)20-8-10-21(11-9-20)33-13-12-29-16-19(15-27)17-29/h4-11,18-19,26,28H,3,12-17H2,1-2H3/t18-,26-/m1/s1. The third-order valence-electron chi connectivity index (χ3n) is 7.12. The highest BCUT2D eigenvalue weighted by atomic mass is 32.2. The third-order valence-corrected chi connectivity index (χ3v) is 9.06. The number of rotatable bonds is 8. The van der Waals surface area contributed by atoms with Gasteiger partial charge in [-0.2, -0.15) is 4.31 Å². The van der Waals surface area contributed by atoms with E-state index >= 15 is 0 Å². The van der Waals surface area contributed by atoms with Crippen LogP contribution in [-0.2, 0) is 16.4 Å². The largest absolute Gasteiger partial charge is 0.492 e. The van der Waals surface area contributed by atoms with Crippen molar-refractivity contribution in [2.75, 3.05) is 38.7 Å². The van der Waals surface area contributed by atoms with Crippen molar-refractivity contribution in [1.82, 2.24) is 14.2 Å². The van der Waals surface area contributed by atoms with E-state index in [1.165, 1.54) is 5.56 Å². The Morgan fingerprint density at radius 3 is 2.56 bits per heavy atom. The van der Waals surface area contributed by atoms with Gasteiger partial charge in [-0.3, -0.25) is 9.29 Å². The zero-order valence-corrected chi connectivity index (χ0v) is 20.5. The van der Waals surface area contributed by atoms with E-state index in [-0.39, 0.29) is 24.4 Å². The van der Waals surface area contributed by atoms with Gasteiger partial charge in [0.15, 0.2) is 0 Å². The monoisotopic (exact) mass is 485 g/mol. The van der Waals surface area contributed by atoms with Crippen LogP contribution in [0.3, 0.4) is 0 Å². The Kier molecular flexibility index (Phi) is 6.39. The molecule has 5 rings (SSSR count). The van der Waals surface area contributed by atoms with Crippen LogP contribution in [0.1, 0.15) is 36.7 Å². The minimum Gasteiger partial charge on any atom is -0.492 e. The lowest BCUT2D eigenvalue weighted by Crippen LogP contribution is -2.49. The summed E-state index contributed by atoms with van der Waals surface area (Å²) in [6.45, 7) is 6.36. The number of aromatic amines is 1. The molecule has 3 heterocycles. The summed E-state index contributed by atoms with van der Waals surface area (Å²) in [4.78, 5) is 5.71. The summed E-state index contributed by atoms with van der Waals surface area (Å²) in [5.74, 6) is 0.982. The van der Waals surface area contributed by atoms with E-state index in [2.05, 4.69) is 16.0 Å². The smallest absolute Gasteiger partial charge is 0.215 e. The van der Waals surface area contributed by atoms with Crippen molar-refractivity contribution in [1.29, 1.82) is 0 Å². The molecule has 1 fully saturated rings. The first-order valence-corrected chi connectivity index (χ1v) is 13.6. The lowest BCUT2D eigenvalue weighted by Gasteiger charge is -2.39. The molecule has 3 aromatic rings. The van der Waals surface area contributed by atoms with Gasteiger partial charge < -0.3 is 9.72 Å². The molecule has 0 radical (unpaired) electrons. The number of para-hydroxylation sites is 1. The highest BCUT2D eigenvalue weighted by Gasteiger charge is 2.41. The highest BCUT2D eigenvalue weighted by molar-refractivity contribution is 7.89. The van der Waals surface area contributed by atoms with E-state index in [0.717, 1.165) is 47.5 Å². The summed E-state index contributed by atoms with van der Waals surface area (Å²) in [7, 11) is -3.44. The fourth-order valence-electron chi connectivity index (χ4n) is 5.33. The van der Waals surface area contributed by atoms with Crippen molar-refractivity contribution >= 4 is 20.9 Å². The molecule has 0 bridgehead atoms. The topological polar surface area (TPSA) is 65.6 Å². The van der Waals surface area contributed by atoms with E-state index in [0.29, 0.717) is 13.0 Å². The van der Waals surface area contributed by atoms with Gasteiger partial charge in [0.05, 0.1) is 18.5 Å². The Hall–Kier alpha value is -2.42. The van der Waals surface area contributed by atoms with Gasteiger partial charge >= 0.3 is 0 Å². The number of sulfonamides is 1. The van der Waals surface area contributed by atoms with Gasteiger partial charge in [0.2, 0.25) is 10.0 Å². The van der Waals surface area contributed by atoms with Crippen LogP contribution in [0.4, 0.5) is 4.39 Å². The SMILES string of the molecule is CCS(=O)(=O)N1[C@H](c2ccc(OCCN3CC(CF)C3)cc2)c2[nH]c3ccccc3c2C[C@H]1C. The average Bonchev–Trinajstić information content (AvgIpc) is 3.18. The number of likely N-dealkylation sites (tertiary alicyclic amines) is 1. The van der Waals surface area contributed by atoms with Crippen LogP contribution in [-0.4, -0.2) is 67.3 Å². The Morgan fingerprint density at radius 2 is 1.85 bits per heavy atom. The Labute approximate surface area is 200 Å². The molecule has 8 heteroatoms. The Bertz CT molecular complexity index is 1250. The van der Waals surface area contributed by atoms with Gasteiger partial charge in [0.1, 0.15) is 12.4 Å². The van der Waals surface area contributed by atoms with Crippen LogP contribution in [0.15, 0.2) is 48.5 Å². The average molecular weight is 486 g/mol. The van der Waals surface area contributed by atoms with Crippen LogP contribution in [0.25, 0.3) is 10.9 Å². The van der Waals surface area contributed by atoms with Gasteiger partial charge in [-0.25, -0.2) is 8.42 Å². The van der Waals surface area contributed by atoms with Gasteiger partial charge in [-0.05, 0) is 49.6 Å². The van der Waals surface area contributed by atoms with Crippen molar-refractivity contribution in [3.8, 4) is 5.75 Å². The molecule has 0 unspecified atom stereocenters. The van der Waals surface area contributed by atoms with Crippen LogP contribution >= 0.6 is 0 Å². The number of halogens is 1. The number of aromatic nitrogens is 1. The zero-order valence-electron chi connectivity index (χ0n) is 19.7. The second kappa shape index (κ2) is 9.32. The number of H-pyrrole nitrogens is 1. The summed E-state index contributed by atoms with van der Waals surface area (Å²) in [5, 5.41) is 1.16. The maximum absolute atomic E-state index is 13.2. The molecule has 34 heavy (non-hydrogen) atoms. The number of ether oxygens (including phenoxy) is 1. The van der Waals surface area contributed by atoms with E-state index in [4.69, 9.17) is 4.74 Å². The van der Waals surface area contributed by atoms with Crippen LogP contribution in [0.2, 0.25) is 0 Å². The van der Waals surface area contributed by atoms with Crippen LogP contribution < -0.4 is 4.74 Å². The van der Waals surface area contributed by atoms with Crippen molar-refractivity contribution < 1.29 is 17.5 Å². The predicted octanol–water partition coefficient (Wildman–Crippen LogP) is 4.13. The van der Waals surface area contributed by atoms with Crippen molar-refractivity contribution in [3.05, 3.63) is 65.4 Å². The molecule has 0 aliphatic carbocycles. The Balaban J connectivity index is 1.41. The molecule has 6 nitrogen and oxygen atoms in total. The predicted molar refractivity (Wildman–Crippen MR) is 132 cm³/mol. The summed E-state index contributed by atoms with van der Waals surface area (Å²) in [6, 6.07) is 15.3. The first-order chi connectivity index (χ1) is 16.4. The molecule has 0 saturated carbocycles. The van der Waals surface area contributed by atoms with E-state index in [1.54, 1.807) is 11.2 Å². The first kappa shape index (κ1) is 23.3. The molecule has 2 aliphatic rings. The number of nitrogens with one attached hydrogen (secondary N) is 1. The van der Waals surface area contributed by atoms with Crippen LogP contribution in [0, 0.1) is 5.92 Å². The number of benzene rings is 2. The van der Waals surface area contributed by atoms with E-state index < -0.39 is 16.1 Å². The van der Waals surface area contributed by atoms with Crippen LogP contribution in [0.5, 0.6) is 5.75 Å². The van der Waals surface area contributed by atoms with Crippen molar-refractivity contribution in [2.45, 2.75) is 32.4 Å². The second-order valence-corrected chi connectivity index (χ2v) is 11.6. The third kappa shape index (κ3) is 4.23. The molecule has 2 aliphatic heterocycles. The zero-order chi connectivity index (χ0) is 23.9.